The van der Waals surface area contributed by atoms with Gasteiger partial charge in [0.2, 0.25) is 0 Å². The van der Waals surface area contributed by atoms with Crippen molar-refractivity contribution in [3.8, 4) is 0 Å². The second-order valence-electron chi connectivity index (χ2n) is 9.23. The summed E-state index contributed by atoms with van der Waals surface area (Å²) < 4.78 is 26.9. The second kappa shape index (κ2) is 9.94. The molecule has 2 aromatic carbocycles. The Bertz CT molecular complexity index is 1190. The topological polar surface area (TPSA) is 104 Å². The van der Waals surface area contributed by atoms with Gasteiger partial charge in [-0.3, -0.25) is 0 Å². The molecule has 0 bridgehead atoms. The molecular formula is C26H29FN2O6. The maximum atomic E-state index is 14.2. The van der Waals surface area contributed by atoms with Crippen LogP contribution in [-0.4, -0.2) is 68.4 Å². The Hall–Kier alpha value is -2.98. The molecule has 3 heterocycles. The maximum absolute atomic E-state index is 14.2. The quantitative estimate of drug-likeness (QED) is 0.515. The lowest BCUT2D eigenvalue weighted by Crippen LogP contribution is -2.50. The van der Waals surface area contributed by atoms with Gasteiger partial charge < -0.3 is 34.3 Å². The molecule has 0 unspecified atom stereocenters. The molecule has 2 saturated heterocycles. The van der Waals surface area contributed by atoms with Crippen LogP contribution < -0.4 is 0 Å². The van der Waals surface area contributed by atoms with E-state index < -0.39 is 30.4 Å². The normalized spacial score (nSPS) is 26.9. The first-order valence-corrected chi connectivity index (χ1v) is 11.8. The highest BCUT2D eigenvalue weighted by Crippen LogP contribution is 2.33. The third-order valence-corrected chi connectivity index (χ3v) is 6.90. The highest BCUT2D eigenvalue weighted by molar-refractivity contribution is 5.84. The number of amides is 1. The van der Waals surface area contributed by atoms with Gasteiger partial charge in [-0.1, -0.05) is 30.3 Å². The molecule has 5 atom stereocenters. The molecule has 3 aromatic rings. The third kappa shape index (κ3) is 4.77. The van der Waals surface area contributed by atoms with Crippen LogP contribution in [0, 0.1) is 5.82 Å². The van der Waals surface area contributed by atoms with Crippen molar-refractivity contribution in [3.63, 3.8) is 0 Å². The molecule has 0 saturated carbocycles. The number of halogens is 1. The van der Waals surface area contributed by atoms with Gasteiger partial charge in [0.15, 0.2) is 6.23 Å². The molecule has 35 heavy (non-hydrogen) atoms. The SMILES string of the molecule is O=C(OCc1ccccc1)N1CCC[C@H]1Cc1cn([C@@H]2OC[C@@H](O)[C@H](O)[C@H]2O)c2cc(F)ccc12. The first kappa shape index (κ1) is 23.7. The van der Waals surface area contributed by atoms with Crippen molar-refractivity contribution in [2.24, 2.45) is 0 Å². The smallest absolute Gasteiger partial charge is 0.410 e. The average Bonchev–Trinajstić information content (AvgIpc) is 3.47. The van der Waals surface area contributed by atoms with E-state index >= 15 is 0 Å². The lowest BCUT2D eigenvalue weighted by molar-refractivity contribution is -0.209. The van der Waals surface area contributed by atoms with Crippen molar-refractivity contribution < 1.29 is 34.0 Å². The summed E-state index contributed by atoms with van der Waals surface area (Å²) in [5.74, 6) is -0.443. The fraction of sp³-hybridized carbons (Fsp3) is 0.423. The number of benzene rings is 2. The summed E-state index contributed by atoms with van der Waals surface area (Å²) in [7, 11) is 0. The van der Waals surface area contributed by atoms with Crippen molar-refractivity contribution in [1.82, 2.24) is 9.47 Å². The van der Waals surface area contributed by atoms with Crippen LogP contribution in [0.5, 0.6) is 0 Å². The van der Waals surface area contributed by atoms with E-state index in [1.165, 1.54) is 12.1 Å². The number of fused-ring (bicyclic) bond motifs is 1. The minimum Gasteiger partial charge on any atom is -0.445 e. The van der Waals surface area contributed by atoms with E-state index in [1.54, 1.807) is 21.7 Å². The van der Waals surface area contributed by atoms with Crippen LogP contribution in [0.15, 0.2) is 54.7 Å². The first-order chi connectivity index (χ1) is 16.9. The average molecular weight is 485 g/mol. The maximum Gasteiger partial charge on any atom is 0.410 e. The number of aromatic nitrogens is 1. The van der Waals surface area contributed by atoms with Crippen LogP contribution in [0.25, 0.3) is 10.9 Å². The zero-order valence-electron chi connectivity index (χ0n) is 19.2. The molecule has 0 aliphatic carbocycles. The molecular weight excluding hydrogens is 455 g/mol. The monoisotopic (exact) mass is 484 g/mol. The molecule has 1 aromatic heterocycles. The van der Waals surface area contributed by atoms with Gasteiger partial charge in [-0.25, -0.2) is 9.18 Å². The Kier molecular flexibility index (Phi) is 6.75. The Morgan fingerprint density at radius 1 is 1.11 bits per heavy atom. The molecule has 2 aliphatic rings. The van der Waals surface area contributed by atoms with Gasteiger partial charge in [0.05, 0.1) is 12.1 Å². The summed E-state index contributed by atoms with van der Waals surface area (Å²) in [4.78, 5) is 14.6. The third-order valence-electron chi connectivity index (χ3n) is 6.90. The Balaban J connectivity index is 1.37. The van der Waals surface area contributed by atoms with Gasteiger partial charge in [0.25, 0.3) is 0 Å². The highest BCUT2D eigenvalue weighted by atomic mass is 19.1. The predicted octanol–water partition coefficient (Wildman–Crippen LogP) is 2.74. The zero-order chi connectivity index (χ0) is 24.5. The first-order valence-electron chi connectivity index (χ1n) is 11.8. The van der Waals surface area contributed by atoms with Gasteiger partial charge in [-0.15, -0.1) is 0 Å². The molecule has 0 radical (unpaired) electrons. The van der Waals surface area contributed by atoms with Gasteiger partial charge >= 0.3 is 6.09 Å². The summed E-state index contributed by atoms with van der Waals surface area (Å²) in [6.45, 7) is 0.642. The number of aliphatic hydroxyl groups excluding tert-OH is 3. The van der Waals surface area contributed by atoms with Crippen LogP contribution in [0.3, 0.4) is 0 Å². The molecule has 5 rings (SSSR count). The fourth-order valence-electron chi connectivity index (χ4n) is 5.05. The van der Waals surface area contributed by atoms with Gasteiger partial charge in [0.1, 0.15) is 30.7 Å². The van der Waals surface area contributed by atoms with Crippen molar-refractivity contribution in [1.29, 1.82) is 0 Å². The molecule has 8 nitrogen and oxygen atoms in total. The lowest BCUT2D eigenvalue weighted by atomic mass is 10.0. The summed E-state index contributed by atoms with van der Waals surface area (Å²) in [6, 6.07) is 13.8. The number of likely N-dealkylation sites (tertiary alicyclic amines) is 1. The fourth-order valence-corrected chi connectivity index (χ4v) is 5.05. The summed E-state index contributed by atoms with van der Waals surface area (Å²) in [5.41, 5.74) is 2.29. The van der Waals surface area contributed by atoms with Crippen molar-refractivity contribution in [2.75, 3.05) is 13.2 Å². The number of hydrogen-bond acceptors (Lipinski definition) is 6. The van der Waals surface area contributed by atoms with E-state index in [-0.39, 0.29) is 25.3 Å². The number of carbonyl (C=O) groups is 1. The van der Waals surface area contributed by atoms with Crippen LogP contribution in [0.4, 0.5) is 9.18 Å². The van der Waals surface area contributed by atoms with Gasteiger partial charge in [0, 0.05) is 24.2 Å². The number of carbonyl (C=O) groups excluding carboxylic acids is 1. The van der Waals surface area contributed by atoms with E-state index in [4.69, 9.17) is 9.47 Å². The zero-order valence-corrected chi connectivity index (χ0v) is 19.2. The highest BCUT2D eigenvalue weighted by Gasteiger charge is 2.39. The molecule has 2 fully saturated rings. The van der Waals surface area contributed by atoms with Crippen molar-refractivity contribution >= 4 is 17.0 Å². The molecule has 2 aliphatic heterocycles. The lowest BCUT2D eigenvalue weighted by Gasteiger charge is -2.36. The van der Waals surface area contributed by atoms with Crippen LogP contribution in [0.1, 0.15) is 30.2 Å². The van der Waals surface area contributed by atoms with E-state index in [9.17, 15) is 24.5 Å². The summed E-state index contributed by atoms with van der Waals surface area (Å²) in [5, 5.41) is 31.3. The Morgan fingerprint density at radius 3 is 2.71 bits per heavy atom. The summed E-state index contributed by atoms with van der Waals surface area (Å²) in [6.07, 6.45) is -1.37. The van der Waals surface area contributed by atoms with Gasteiger partial charge in [-0.05, 0) is 48.6 Å². The van der Waals surface area contributed by atoms with Crippen LogP contribution in [-0.2, 0) is 22.5 Å². The number of ether oxygens (including phenoxy) is 2. The Labute approximate surface area is 202 Å². The molecule has 9 heteroatoms. The summed E-state index contributed by atoms with van der Waals surface area (Å²) >= 11 is 0. The largest absolute Gasteiger partial charge is 0.445 e. The standard InChI is InChI=1S/C26H29FN2O6/c27-18-8-9-20-17(13-29(21(20)12-18)25-24(32)23(31)22(30)15-34-25)11-19-7-4-10-28(19)26(33)35-14-16-5-2-1-3-6-16/h1-3,5-6,8-9,12-13,19,22-25,30-32H,4,7,10-11,14-15H2/t19-,22+,23-,24+,25+/m0/s1. The number of nitrogens with zero attached hydrogens (tertiary/aromatic N) is 2. The number of aliphatic hydroxyl groups is 3. The van der Waals surface area contributed by atoms with E-state index in [0.717, 1.165) is 29.4 Å². The number of rotatable bonds is 5. The predicted molar refractivity (Wildman–Crippen MR) is 125 cm³/mol. The minimum atomic E-state index is -1.39. The van der Waals surface area contributed by atoms with Crippen LogP contribution >= 0.6 is 0 Å². The Morgan fingerprint density at radius 2 is 1.91 bits per heavy atom. The van der Waals surface area contributed by atoms with Crippen LogP contribution in [0.2, 0.25) is 0 Å². The van der Waals surface area contributed by atoms with Crippen molar-refractivity contribution in [3.05, 3.63) is 71.7 Å². The van der Waals surface area contributed by atoms with E-state index in [0.29, 0.717) is 18.5 Å². The molecule has 186 valence electrons. The molecule has 3 N–H and O–H groups in total. The van der Waals surface area contributed by atoms with E-state index in [2.05, 4.69) is 0 Å². The number of hydrogen-bond donors (Lipinski definition) is 3. The minimum absolute atomic E-state index is 0.0908. The molecule has 1 amide bonds. The van der Waals surface area contributed by atoms with Crippen molar-refractivity contribution in [2.45, 2.75) is 56.5 Å². The molecule has 0 spiro atoms. The van der Waals surface area contributed by atoms with Gasteiger partial charge in [-0.2, -0.15) is 0 Å². The second-order valence-corrected chi connectivity index (χ2v) is 9.23. The van der Waals surface area contributed by atoms with E-state index in [1.807, 2.05) is 30.3 Å².